The smallest absolute Gasteiger partial charge is 0.257 e. The first-order valence-electron chi connectivity index (χ1n) is 8.28. The third-order valence-electron chi connectivity index (χ3n) is 4.34. The molecule has 0 radical (unpaired) electrons. The van der Waals surface area contributed by atoms with Crippen LogP contribution in [0.25, 0.3) is 10.3 Å². The van der Waals surface area contributed by atoms with Crippen LogP contribution in [0.1, 0.15) is 17.0 Å². The predicted molar refractivity (Wildman–Crippen MR) is 105 cm³/mol. The van der Waals surface area contributed by atoms with Crippen LogP contribution in [0, 0.1) is 17.1 Å². The summed E-state index contributed by atoms with van der Waals surface area (Å²) in [7, 11) is 0. The quantitative estimate of drug-likeness (QED) is 0.585. The highest BCUT2D eigenvalue weighted by Gasteiger charge is 2.36. The molecule has 0 saturated carbocycles. The van der Waals surface area contributed by atoms with Gasteiger partial charge in [-0.15, -0.1) is 6.58 Å². The van der Waals surface area contributed by atoms with E-state index in [-0.39, 0.29) is 28.3 Å². The van der Waals surface area contributed by atoms with Gasteiger partial charge in [-0.25, -0.2) is 9.37 Å². The third kappa shape index (κ3) is 2.71. The van der Waals surface area contributed by atoms with Crippen molar-refractivity contribution in [2.75, 3.05) is 11.9 Å². The molecule has 0 aliphatic carbocycles. The molecule has 1 unspecified atom stereocenters. The molecule has 2 aromatic heterocycles. The first-order chi connectivity index (χ1) is 13.5. The predicted octanol–water partition coefficient (Wildman–Crippen LogP) is 2.94. The van der Waals surface area contributed by atoms with Crippen LogP contribution in [0.4, 0.5) is 9.52 Å². The fraction of sp³-hybridized carbons (Fsp3) is 0.105. The molecule has 140 valence electrons. The highest BCUT2D eigenvalue weighted by Crippen LogP contribution is 2.45. The first kappa shape index (κ1) is 17.8. The Labute approximate surface area is 162 Å². The fourth-order valence-electron chi connectivity index (χ4n) is 3.15. The van der Waals surface area contributed by atoms with E-state index in [9.17, 15) is 14.4 Å². The molecule has 3 heterocycles. The molecule has 1 aliphatic heterocycles. The number of thiazole rings is 1. The Kier molecular flexibility index (Phi) is 4.33. The Balaban J connectivity index is 2.00. The monoisotopic (exact) mass is 395 g/mol. The number of H-pyrrole nitrogens is 1. The number of nitrogens with one attached hydrogen (secondary N) is 2. The van der Waals surface area contributed by atoms with Gasteiger partial charge in [0.15, 0.2) is 16.5 Å². The van der Waals surface area contributed by atoms with Crippen LogP contribution in [-0.2, 0) is 0 Å². The average Bonchev–Trinajstić information content (AvgIpc) is 3.09. The number of allylic oxidation sites excluding steroid dienone is 1. The summed E-state index contributed by atoms with van der Waals surface area (Å²) in [5, 5.41) is 13.2. The van der Waals surface area contributed by atoms with Gasteiger partial charge in [-0.3, -0.25) is 4.79 Å². The second-order valence-corrected chi connectivity index (χ2v) is 7.01. The number of fused-ring (bicyclic) bond motifs is 3. The van der Waals surface area contributed by atoms with Crippen molar-refractivity contribution >= 4 is 26.8 Å². The van der Waals surface area contributed by atoms with Crippen molar-refractivity contribution in [3.05, 3.63) is 75.7 Å². The van der Waals surface area contributed by atoms with E-state index >= 15 is 0 Å². The molecule has 0 bridgehead atoms. The minimum atomic E-state index is -0.977. The van der Waals surface area contributed by atoms with E-state index in [1.54, 1.807) is 12.1 Å². The Morgan fingerprint density at radius 1 is 1.50 bits per heavy atom. The molecule has 1 aliphatic rings. The van der Waals surface area contributed by atoms with Crippen LogP contribution in [0.2, 0.25) is 0 Å². The number of hydrogen-bond donors (Lipinski definition) is 3. The van der Waals surface area contributed by atoms with Gasteiger partial charge in [-0.05, 0) is 6.07 Å². The number of rotatable bonds is 4. The van der Waals surface area contributed by atoms with Crippen LogP contribution < -0.4 is 21.3 Å². The number of ether oxygens (including phenoxy) is 1. The lowest BCUT2D eigenvalue weighted by molar-refractivity contribution is 0.396. The maximum atomic E-state index is 14.5. The van der Waals surface area contributed by atoms with Gasteiger partial charge >= 0.3 is 0 Å². The molecule has 4 N–H and O–H groups in total. The normalized spacial score (nSPS) is 15.6. The van der Waals surface area contributed by atoms with Gasteiger partial charge in [0, 0.05) is 12.1 Å². The largest absolute Gasteiger partial charge is 0.438 e. The Morgan fingerprint density at radius 3 is 3.00 bits per heavy atom. The van der Waals surface area contributed by atoms with Crippen molar-refractivity contribution in [2.24, 2.45) is 5.73 Å². The number of nitrogens with two attached hydrogens (primary N) is 1. The number of pyridine rings is 1. The van der Waals surface area contributed by atoms with Crippen molar-refractivity contribution in [3.8, 4) is 11.8 Å². The van der Waals surface area contributed by atoms with Crippen LogP contribution in [0.15, 0.2) is 53.2 Å². The number of hydrogen-bond acceptors (Lipinski definition) is 7. The van der Waals surface area contributed by atoms with E-state index in [4.69, 9.17) is 10.5 Å². The van der Waals surface area contributed by atoms with Crippen LogP contribution in [-0.4, -0.2) is 16.5 Å². The summed E-state index contributed by atoms with van der Waals surface area (Å²) in [4.78, 5) is 19.9. The zero-order valence-electron chi connectivity index (χ0n) is 14.5. The van der Waals surface area contributed by atoms with Crippen LogP contribution in [0.3, 0.4) is 0 Å². The summed E-state index contributed by atoms with van der Waals surface area (Å²) in [5.74, 6) is -1.50. The fourth-order valence-corrected chi connectivity index (χ4v) is 4.07. The lowest BCUT2D eigenvalue weighted by Gasteiger charge is -2.25. The van der Waals surface area contributed by atoms with Crippen LogP contribution in [0.5, 0.6) is 5.75 Å². The molecular formula is C19H14FN5O2S. The number of aromatic amines is 1. The van der Waals surface area contributed by atoms with Crippen LogP contribution >= 0.6 is 11.3 Å². The molecular weight excluding hydrogens is 381 g/mol. The van der Waals surface area contributed by atoms with Crippen molar-refractivity contribution in [3.63, 3.8) is 0 Å². The zero-order chi connectivity index (χ0) is 19.8. The van der Waals surface area contributed by atoms with Gasteiger partial charge in [-0.1, -0.05) is 35.6 Å². The van der Waals surface area contributed by atoms with E-state index in [0.717, 1.165) is 0 Å². The van der Waals surface area contributed by atoms with Crippen molar-refractivity contribution < 1.29 is 9.13 Å². The van der Waals surface area contributed by atoms with E-state index in [1.807, 2.05) is 6.07 Å². The molecule has 4 rings (SSSR count). The van der Waals surface area contributed by atoms with Gasteiger partial charge in [0.25, 0.3) is 5.56 Å². The van der Waals surface area contributed by atoms with Crippen molar-refractivity contribution in [1.29, 1.82) is 5.26 Å². The molecule has 0 spiro atoms. The second kappa shape index (κ2) is 6.83. The van der Waals surface area contributed by atoms with E-state index in [1.165, 1.54) is 29.5 Å². The number of nitriles is 1. The molecule has 0 saturated heterocycles. The highest BCUT2D eigenvalue weighted by molar-refractivity contribution is 7.22. The highest BCUT2D eigenvalue weighted by atomic mass is 32.1. The Morgan fingerprint density at radius 2 is 2.29 bits per heavy atom. The SMILES string of the molecule is C=CCNc1nc2[nH]c(=O)c3c(c2s1)OC(N)=C(C#N)C3c1ccccc1F. The van der Waals surface area contributed by atoms with Gasteiger partial charge in [0.1, 0.15) is 22.2 Å². The van der Waals surface area contributed by atoms with E-state index < -0.39 is 17.3 Å². The first-order valence-corrected chi connectivity index (χ1v) is 9.10. The van der Waals surface area contributed by atoms with E-state index in [2.05, 4.69) is 21.9 Å². The summed E-state index contributed by atoms with van der Waals surface area (Å²) in [6.45, 7) is 4.13. The van der Waals surface area contributed by atoms with E-state index in [0.29, 0.717) is 22.0 Å². The summed E-state index contributed by atoms with van der Waals surface area (Å²) in [5.41, 5.74) is 6.05. The molecule has 0 amide bonds. The maximum Gasteiger partial charge on any atom is 0.257 e. The summed E-state index contributed by atoms with van der Waals surface area (Å²) in [6, 6.07) is 7.91. The number of aromatic nitrogens is 2. The number of nitrogens with zero attached hydrogens (tertiary/aromatic N) is 2. The molecule has 1 aromatic carbocycles. The molecule has 3 aromatic rings. The number of anilines is 1. The minimum Gasteiger partial charge on any atom is -0.438 e. The molecule has 0 fully saturated rings. The van der Waals surface area contributed by atoms with Gasteiger partial charge in [0.05, 0.1) is 11.5 Å². The standard InChI is InChI=1S/C19H14FN5O2S/c1-2-7-23-19-25-17-15(28-19)14-13(18(26)24-17)12(10(8-21)16(22)27-14)9-5-3-4-6-11(9)20/h2-6,12H,1,7,22H2,(H2,23,24,25,26). The maximum absolute atomic E-state index is 14.5. The average molecular weight is 395 g/mol. The van der Waals surface area contributed by atoms with Gasteiger partial charge in [0.2, 0.25) is 5.88 Å². The lowest BCUT2D eigenvalue weighted by atomic mass is 9.84. The summed E-state index contributed by atoms with van der Waals surface area (Å²) < 4.78 is 20.7. The minimum absolute atomic E-state index is 0.0167. The number of halogens is 1. The van der Waals surface area contributed by atoms with Crippen molar-refractivity contribution in [2.45, 2.75) is 5.92 Å². The number of benzene rings is 1. The van der Waals surface area contributed by atoms with Gasteiger partial charge in [-0.2, -0.15) is 5.26 Å². The lowest BCUT2D eigenvalue weighted by Crippen LogP contribution is -2.28. The Hall–Kier alpha value is -3.64. The topological polar surface area (TPSA) is 117 Å². The summed E-state index contributed by atoms with van der Waals surface area (Å²) >= 11 is 1.25. The molecule has 7 nitrogen and oxygen atoms in total. The molecule has 28 heavy (non-hydrogen) atoms. The van der Waals surface area contributed by atoms with Gasteiger partial charge < -0.3 is 20.8 Å². The molecule has 1 atom stereocenters. The Bertz CT molecular complexity index is 1240. The summed E-state index contributed by atoms with van der Waals surface area (Å²) in [6.07, 6.45) is 1.68. The van der Waals surface area contributed by atoms with Crippen molar-refractivity contribution in [1.82, 2.24) is 9.97 Å². The molecule has 9 heteroatoms. The second-order valence-electron chi connectivity index (χ2n) is 6.01. The third-order valence-corrected chi connectivity index (χ3v) is 5.36. The zero-order valence-corrected chi connectivity index (χ0v) is 15.3.